The maximum absolute atomic E-state index is 14.1. The van der Waals surface area contributed by atoms with Gasteiger partial charge in [0, 0.05) is 13.1 Å². The molecule has 14 nitrogen and oxygen atoms in total. The molecule has 14 rings (SSSR count). The van der Waals surface area contributed by atoms with Crippen LogP contribution in [0.1, 0.15) is 112 Å². The average Bonchev–Trinajstić information content (AvgIpc) is 4.00. The molecular weight excluding hydrogens is 881 g/mol. The zero-order chi connectivity index (χ0) is 48.6. The molecule has 14 heteroatoms. The summed E-state index contributed by atoms with van der Waals surface area (Å²) in [6, 6.07) is 25.1. The Balaban J connectivity index is 0.838. The van der Waals surface area contributed by atoms with Crippen LogP contribution in [0.2, 0.25) is 0 Å². The van der Waals surface area contributed by atoms with Crippen LogP contribution < -0.4 is 10.6 Å². The minimum atomic E-state index is -0.691. The van der Waals surface area contributed by atoms with Crippen LogP contribution in [0, 0.1) is 22.7 Å². The van der Waals surface area contributed by atoms with E-state index in [1.54, 1.807) is 0 Å². The zero-order valence-corrected chi connectivity index (χ0v) is 41.1. The van der Waals surface area contributed by atoms with Gasteiger partial charge in [0.1, 0.15) is 23.7 Å². The van der Waals surface area contributed by atoms with E-state index < -0.39 is 24.3 Å². The summed E-state index contributed by atoms with van der Waals surface area (Å²) in [7, 11) is 2.64. The smallest absolute Gasteiger partial charge is 0.407 e. The zero-order valence-electron chi connectivity index (χ0n) is 41.1. The number of ether oxygens (including phenoxy) is 2. The largest absolute Gasteiger partial charge is 0.453 e. The Morgan fingerprint density at radius 2 is 1.00 bits per heavy atom. The van der Waals surface area contributed by atoms with Crippen LogP contribution in [0.25, 0.3) is 44.3 Å². The van der Waals surface area contributed by atoms with Crippen molar-refractivity contribution >= 4 is 46.1 Å². The van der Waals surface area contributed by atoms with Gasteiger partial charge in [0.15, 0.2) is 0 Å². The molecule has 0 radical (unpaired) electrons. The Morgan fingerprint density at radius 3 is 1.37 bits per heavy atom. The Hall–Kier alpha value is -6.70. The van der Waals surface area contributed by atoms with E-state index in [0.29, 0.717) is 13.1 Å². The van der Waals surface area contributed by atoms with Gasteiger partial charge in [-0.2, -0.15) is 0 Å². The Bertz CT molecular complexity index is 2850. The topological polar surface area (TPSA) is 175 Å². The van der Waals surface area contributed by atoms with Crippen LogP contribution >= 0.6 is 0 Å². The summed E-state index contributed by atoms with van der Waals surface area (Å²) in [6.07, 6.45) is 8.33. The first-order valence-electron chi connectivity index (χ1n) is 25.3. The summed E-state index contributed by atoms with van der Waals surface area (Å²) in [5.41, 5.74) is 13.7. The summed E-state index contributed by atoms with van der Waals surface area (Å²) >= 11 is 0. The molecule has 364 valence electrons. The number of fused-ring (bicyclic) bond motifs is 2. The van der Waals surface area contributed by atoms with Crippen LogP contribution in [-0.2, 0) is 44.7 Å². The lowest BCUT2D eigenvalue weighted by atomic mass is 9.87. The number of nitrogens with one attached hydrogen (secondary N) is 4. The van der Waals surface area contributed by atoms with Gasteiger partial charge in [0.2, 0.25) is 11.8 Å². The Kier molecular flexibility index (Phi) is 11.5. The van der Waals surface area contributed by atoms with Crippen LogP contribution in [0.15, 0.2) is 72.8 Å². The number of hydrogen-bond acceptors (Lipinski definition) is 8. The van der Waals surface area contributed by atoms with Gasteiger partial charge in [-0.15, -0.1) is 0 Å². The minimum absolute atomic E-state index is 0.0962. The van der Waals surface area contributed by atoms with E-state index in [-0.39, 0.29) is 46.6 Å². The van der Waals surface area contributed by atoms with Crippen LogP contribution in [0.3, 0.4) is 0 Å². The molecule has 2 saturated heterocycles. The van der Waals surface area contributed by atoms with Crippen LogP contribution in [0.4, 0.5) is 9.59 Å². The van der Waals surface area contributed by atoms with Crippen molar-refractivity contribution in [2.45, 2.75) is 116 Å². The molecule has 4 aromatic carbocycles. The van der Waals surface area contributed by atoms with Gasteiger partial charge >= 0.3 is 12.2 Å². The predicted octanol–water partition coefficient (Wildman–Crippen LogP) is 9.53. The number of carbonyl (C=O) groups is 4. The molecule has 70 heavy (non-hydrogen) atoms. The second kappa shape index (κ2) is 17.6. The molecular formula is C56H64N8O6. The Labute approximate surface area is 408 Å². The van der Waals surface area contributed by atoms with Gasteiger partial charge in [0.05, 0.1) is 48.4 Å². The SMILES string of the molecule is COC(=O)NC(C(=O)N1CC2(CC2)CC1c1nc2ccc(-c3cc4ccc3CCc3ccc(c(-c5ccc6nc(C7CC8(CC8)CN7C(=O)C(NC(=O)OC)C(C)C)[nH]c6c5)c3)CC4)cc2[nH]1)C(C)C. The number of amides is 4. The molecule has 4 bridgehead atoms. The lowest BCUT2D eigenvalue weighted by Gasteiger charge is -2.30. The van der Waals surface area contributed by atoms with Gasteiger partial charge in [-0.3, -0.25) is 9.59 Å². The number of hydrogen-bond donors (Lipinski definition) is 4. The number of carbonyl (C=O) groups excluding carboxylic acids is 4. The van der Waals surface area contributed by atoms with Gasteiger partial charge in [-0.1, -0.05) is 76.2 Å². The molecule has 4 N–H and O–H groups in total. The van der Waals surface area contributed by atoms with Gasteiger partial charge in [0.25, 0.3) is 0 Å². The van der Waals surface area contributed by atoms with Gasteiger partial charge in [-0.25, -0.2) is 19.6 Å². The fraction of sp³-hybridized carbons (Fsp3) is 0.464. The van der Waals surface area contributed by atoms with Crippen LogP contribution in [0.5, 0.6) is 0 Å². The summed E-state index contributed by atoms with van der Waals surface area (Å²) in [5.74, 6) is 1.17. The molecule has 4 heterocycles. The molecule has 2 aliphatic heterocycles. The molecule has 2 saturated carbocycles. The molecule has 4 atom stereocenters. The molecule has 8 aliphatic rings. The molecule has 2 spiro atoms. The van der Waals surface area contributed by atoms with Crippen molar-refractivity contribution in [3.05, 3.63) is 107 Å². The molecule has 4 fully saturated rings. The number of rotatable bonds is 10. The summed E-state index contributed by atoms with van der Waals surface area (Å²) in [6.45, 7) is 9.09. The van der Waals surface area contributed by atoms with Gasteiger partial charge < -0.3 is 39.9 Å². The molecule has 2 aromatic heterocycles. The molecule has 4 amide bonds. The average molecular weight is 945 g/mol. The number of likely N-dealkylation sites (tertiary alicyclic amines) is 2. The highest BCUT2D eigenvalue weighted by atomic mass is 16.5. The lowest BCUT2D eigenvalue weighted by molar-refractivity contribution is -0.136. The maximum Gasteiger partial charge on any atom is 0.407 e. The fourth-order valence-electron chi connectivity index (χ4n) is 11.7. The first-order chi connectivity index (χ1) is 33.7. The first kappa shape index (κ1) is 45.7. The number of alkyl carbamates (subject to hydrolysis) is 2. The van der Waals surface area contributed by atoms with Crippen molar-refractivity contribution in [1.29, 1.82) is 0 Å². The number of imidazole rings is 2. The highest BCUT2D eigenvalue weighted by molar-refractivity contribution is 5.89. The van der Waals surface area contributed by atoms with Crippen molar-refractivity contribution in [2.75, 3.05) is 27.3 Å². The third kappa shape index (κ3) is 8.57. The van der Waals surface area contributed by atoms with E-state index in [4.69, 9.17) is 19.4 Å². The van der Waals surface area contributed by atoms with Crippen molar-refractivity contribution in [3.63, 3.8) is 0 Å². The van der Waals surface area contributed by atoms with Crippen LogP contribution in [-0.4, -0.2) is 93.1 Å². The van der Waals surface area contributed by atoms with Crippen molar-refractivity contribution in [2.24, 2.45) is 22.7 Å². The number of aromatic nitrogens is 4. The molecule has 6 aliphatic carbocycles. The number of H-pyrrole nitrogens is 2. The summed E-state index contributed by atoms with van der Waals surface area (Å²) < 4.78 is 9.75. The first-order valence-corrected chi connectivity index (χ1v) is 25.3. The van der Waals surface area contributed by atoms with E-state index in [0.717, 1.165) is 109 Å². The third-order valence-electron chi connectivity index (χ3n) is 16.2. The molecule has 6 aromatic rings. The number of aromatic amines is 2. The van der Waals surface area contributed by atoms with E-state index in [2.05, 4.69) is 93.4 Å². The van der Waals surface area contributed by atoms with E-state index in [9.17, 15) is 19.2 Å². The summed E-state index contributed by atoms with van der Waals surface area (Å²) in [5, 5.41) is 5.58. The second-order valence-corrected chi connectivity index (χ2v) is 21.8. The normalized spacial score (nSPS) is 20.6. The quantitative estimate of drug-likeness (QED) is 0.105. The highest BCUT2D eigenvalue weighted by Crippen LogP contribution is 2.59. The maximum atomic E-state index is 14.1. The number of aryl methyl sites for hydroxylation is 4. The Morgan fingerprint density at radius 1 is 0.586 bits per heavy atom. The van der Waals surface area contributed by atoms with E-state index in [1.165, 1.54) is 47.6 Å². The summed E-state index contributed by atoms with van der Waals surface area (Å²) in [4.78, 5) is 74.2. The monoisotopic (exact) mass is 944 g/mol. The van der Waals surface area contributed by atoms with E-state index >= 15 is 0 Å². The van der Waals surface area contributed by atoms with Gasteiger partial charge in [-0.05, 0) is 156 Å². The van der Waals surface area contributed by atoms with Crippen molar-refractivity contribution in [3.8, 4) is 22.3 Å². The standard InChI is InChI=1S/C56H64N8O6/c1-31(2)47(61-53(67)69-5)51(65)63-29-55(19-20-55)27-45(63)49-57-41-17-15-37(25-43(41)59-49)39-23-33-7-11-35(39)13-9-34-8-12-36(14-10-33)40(24-34)38-16-18-42-44(26-38)60-50(58-42)46-28-56(21-22-56)30-64(46)52(66)48(32(3)4)62-54(68)70-6/h7-8,11-12,15-18,23-26,31-32,45-48H,9-10,13-14,19-22,27-30H2,1-6H3,(H,57,59)(H,58,60)(H,61,67)(H,62,68). The fourth-order valence-corrected chi connectivity index (χ4v) is 11.7. The number of nitrogens with zero attached hydrogens (tertiary/aromatic N) is 4. The lowest BCUT2D eigenvalue weighted by Crippen LogP contribution is -2.51. The second-order valence-electron chi connectivity index (χ2n) is 21.8. The highest BCUT2D eigenvalue weighted by Gasteiger charge is 2.56. The van der Waals surface area contributed by atoms with Crippen molar-refractivity contribution in [1.82, 2.24) is 40.4 Å². The van der Waals surface area contributed by atoms with Crippen molar-refractivity contribution < 1.29 is 28.7 Å². The van der Waals surface area contributed by atoms with E-state index in [1.807, 2.05) is 37.5 Å². The third-order valence-corrected chi connectivity index (χ3v) is 16.2. The molecule has 4 unspecified atom stereocenters. The minimum Gasteiger partial charge on any atom is -0.453 e. The predicted molar refractivity (Wildman–Crippen MR) is 268 cm³/mol. The number of methoxy groups -OCH3 is 2. The number of benzene rings is 4.